The molecule has 1 aliphatic heterocycles. The first-order valence-corrected chi connectivity index (χ1v) is 6.52. The Kier molecular flexibility index (Phi) is 4.50. The maximum atomic E-state index is 9.25. The summed E-state index contributed by atoms with van der Waals surface area (Å²) in [6.45, 7) is 3.50. The van der Waals surface area contributed by atoms with Crippen LogP contribution in [0.5, 0.6) is 11.5 Å². The molecule has 1 heterocycles. The molecule has 5 heteroatoms. The van der Waals surface area contributed by atoms with Gasteiger partial charge in [0.15, 0.2) is 11.5 Å². The number of hydrogen-bond acceptors (Lipinski definition) is 5. The van der Waals surface area contributed by atoms with Gasteiger partial charge in [-0.15, -0.1) is 0 Å². The minimum Gasteiger partial charge on any atom is -0.490 e. The van der Waals surface area contributed by atoms with Gasteiger partial charge in [-0.1, -0.05) is 6.92 Å². The van der Waals surface area contributed by atoms with Crippen LogP contribution in [0.4, 0.5) is 5.69 Å². The molecule has 3 N–H and O–H groups in total. The van der Waals surface area contributed by atoms with Gasteiger partial charge in [-0.2, -0.15) is 0 Å². The molecule has 0 fully saturated rings. The van der Waals surface area contributed by atoms with E-state index in [0.717, 1.165) is 23.6 Å². The SMILES string of the molecule is CC(CO)(CO)CNc1ccc2c(c1)OCCCO2. The van der Waals surface area contributed by atoms with Crippen LogP contribution >= 0.6 is 0 Å². The Morgan fingerprint density at radius 1 is 1.16 bits per heavy atom. The van der Waals surface area contributed by atoms with Crippen molar-refractivity contribution in [1.82, 2.24) is 0 Å². The summed E-state index contributed by atoms with van der Waals surface area (Å²) in [5.41, 5.74) is 0.349. The highest BCUT2D eigenvalue weighted by molar-refractivity contribution is 5.55. The number of aliphatic hydroxyl groups is 2. The van der Waals surface area contributed by atoms with Crippen LogP contribution in [0.15, 0.2) is 18.2 Å². The van der Waals surface area contributed by atoms with Gasteiger partial charge in [0.1, 0.15) is 0 Å². The molecule has 0 radical (unpaired) electrons. The van der Waals surface area contributed by atoms with E-state index in [1.54, 1.807) is 0 Å². The minimum atomic E-state index is -0.538. The van der Waals surface area contributed by atoms with Crippen molar-refractivity contribution in [1.29, 1.82) is 0 Å². The van der Waals surface area contributed by atoms with Gasteiger partial charge in [-0.3, -0.25) is 0 Å². The lowest BCUT2D eigenvalue weighted by Crippen LogP contribution is -2.34. The third-order valence-corrected chi connectivity index (χ3v) is 3.23. The fourth-order valence-corrected chi connectivity index (χ4v) is 1.75. The first-order valence-electron chi connectivity index (χ1n) is 6.52. The Hall–Kier alpha value is -1.46. The molecular formula is C14H21NO4. The van der Waals surface area contributed by atoms with Crippen LogP contribution in [0.25, 0.3) is 0 Å². The minimum absolute atomic E-state index is 0.0684. The van der Waals surface area contributed by atoms with Crippen molar-refractivity contribution in [2.75, 3.05) is 38.3 Å². The normalized spacial score (nSPS) is 14.9. The van der Waals surface area contributed by atoms with Crippen molar-refractivity contribution in [3.63, 3.8) is 0 Å². The van der Waals surface area contributed by atoms with Crippen LogP contribution in [0.3, 0.4) is 0 Å². The Labute approximate surface area is 113 Å². The predicted molar refractivity (Wildman–Crippen MR) is 72.8 cm³/mol. The smallest absolute Gasteiger partial charge is 0.163 e. The molecule has 106 valence electrons. The van der Waals surface area contributed by atoms with Crippen molar-refractivity contribution in [2.24, 2.45) is 5.41 Å². The molecule has 0 bridgehead atoms. The van der Waals surface area contributed by atoms with Crippen LogP contribution in [0, 0.1) is 5.41 Å². The van der Waals surface area contributed by atoms with Gasteiger partial charge in [-0.05, 0) is 12.1 Å². The summed E-state index contributed by atoms with van der Waals surface area (Å²) in [5.74, 6) is 1.49. The molecule has 0 aromatic heterocycles. The average Bonchev–Trinajstić information content (AvgIpc) is 2.69. The lowest BCUT2D eigenvalue weighted by Gasteiger charge is -2.25. The Morgan fingerprint density at radius 2 is 1.84 bits per heavy atom. The number of aliphatic hydroxyl groups excluding tert-OH is 2. The highest BCUT2D eigenvalue weighted by Crippen LogP contribution is 2.32. The molecular weight excluding hydrogens is 246 g/mol. The number of hydrogen-bond donors (Lipinski definition) is 3. The molecule has 1 aliphatic rings. The molecule has 0 unspecified atom stereocenters. The van der Waals surface area contributed by atoms with Crippen LogP contribution in [0.1, 0.15) is 13.3 Å². The van der Waals surface area contributed by atoms with E-state index in [4.69, 9.17) is 9.47 Å². The van der Waals surface area contributed by atoms with E-state index in [1.165, 1.54) is 0 Å². The number of ether oxygens (including phenoxy) is 2. The predicted octanol–water partition coefficient (Wildman–Crippen LogP) is 1.25. The molecule has 19 heavy (non-hydrogen) atoms. The second-order valence-corrected chi connectivity index (χ2v) is 5.19. The van der Waals surface area contributed by atoms with Crippen molar-refractivity contribution < 1.29 is 19.7 Å². The summed E-state index contributed by atoms with van der Waals surface area (Å²) in [6, 6.07) is 5.66. The molecule has 0 saturated carbocycles. The standard InChI is InChI=1S/C14H21NO4/c1-14(9-16,10-17)8-15-11-3-4-12-13(7-11)19-6-2-5-18-12/h3-4,7,15-17H,2,5-6,8-10H2,1H3. The van der Waals surface area contributed by atoms with Crippen LogP contribution in [-0.2, 0) is 0 Å². The molecule has 5 nitrogen and oxygen atoms in total. The summed E-state index contributed by atoms with van der Waals surface area (Å²) in [7, 11) is 0. The van der Waals surface area contributed by atoms with Crippen LogP contribution in [-0.4, -0.2) is 43.2 Å². The van der Waals surface area contributed by atoms with Crippen LogP contribution in [0.2, 0.25) is 0 Å². The number of anilines is 1. The summed E-state index contributed by atoms with van der Waals surface area (Å²) in [5, 5.41) is 21.7. The first-order chi connectivity index (χ1) is 9.17. The van der Waals surface area contributed by atoms with Crippen molar-refractivity contribution >= 4 is 5.69 Å². The Bertz CT molecular complexity index is 418. The van der Waals surface area contributed by atoms with E-state index in [0.29, 0.717) is 19.8 Å². The van der Waals surface area contributed by atoms with E-state index in [-0.39, 0.29) is 13.2 Å². The lowest BCUT2D eigenvalue weighted by atomic mass is 9.93. The molecule has 0 spiro atoms. The third-order valence-electron chi connectivity index (χ3n) is 3.23. The van der Waals surface area contributed by atoms with Crippen molar-refractivity contribution in [3.8, 4) is 11.5 Å². The largest absolute Gasteiger partial charge is 0.490 e. The fourth-order valence-electron chi connectivity index (χ4n) is 1.75. The zero-order valence-electron chi connectivity index (χ0n) is 11.2. The first kappa shape index (κ1) is 14.0. The van der Waals surface area contributed by atoms with E-state index >= 15 is 0 Å². The molecule has 0 amide bonds. The van der Waals surface area contributed by atoms with E-state index < -0.39 is 5.41 Å². The number of benzene rings is 1. The zero-order valence-corrected chi connectivity index (χ0v) is 11.2. The number of fused-ring (bicyclic) bond motifs is 1. The van der Waals surface area contributed by atoms with E-state index in [9.17, 15) is 10.2 Å². The van der Waals surface area contributed by atoms with Gasteiger partial charge in [0.05, 0.1) is 26.4 Å². The highest BCUT2D eigenvalue weighted by Gasteiger charge is 2.22. The maximum absolute atomic E-state index is 9.25. The molecule has 1 aromatic rings. The lowest BCUT2D eigenvalue weighted by molar-refractivity contribution is 0.0806. The van der Waals surface area contributed by atoms with E-state index in [1.807, 2.05) is 25.1 Å². The monoisotopic (exact) mass is 267 g/mol. The van der Waals surface area contributed by atoms with E-state index in [2.05, 4.69) is 5.32 Å². The van der Waals surface area contributed by atoms with Gasteiger partial charge in [0, 0.05) is 30.1 Å². The summed E-state index contributed by atoms with van der Waals surface area (Å²) >= 11 is 0. The topological polar surface area (TPSA) is 71.0 Å². The Morgan fingerprint density at radius 3 is 2.53 bits per heavy atom. The number of rotatable bonds is 5. The summed E-state index contributed by atoms with van der Waals surface area (Å²) in [4.78, 5) is 0. The quantitative estimate of drug-likeness (QED) is 0.749. The van der Waals surface area contributed by atoms with Gasteiger partial charge in [0.2, 0.25) is 0 Å². The summed E-state index contributed by atoms with van der Waals surface area (Å²) < 4.78 is 11.2. The second-order valence-electron chi connectivity index (χ2n) is 5.19. The van der Waals surface area contributed by atoms with Crippen LogP contribution < -0.4 is 14.8 Å². The van der Waals surface area contributed by atoms with Gasteiger partial charge in [-0.25, -0.2) is 0 Å². The van der Waals surface area contributed by atoms with Gasteiger partial charge >= 0.3 is 0 Å². The van der Waals surface area contributed by atoms with Gasteiger partial charge < -0.3 is 25.0 Å². The molecule has 1 aromatic carbocycles. The molecule has 0 atom stereocenters. The average molecular weight is 267 g/mol. The third kappa shape index (κ3) is 3.52. The number of nitrogens with one attached hydrogen (secondary N) is 1. The maximum Gasteiger partial charge on any atom is 0.163 e. The van der Waals surface area contributed by atoms with Gasteiger partial charge in [0.25, 0.3) is 0 Å². The van der Waals surface area contributed by atoms with Crippen molar-refractivity contribution in [3.05, 3.63) is 18.2 Å². The summed E-state index contributed by atoms with van der Waals surface area (Å²) in [6.07, 6.45) is 0.880. The molecule has 0 saturated heterocycles. The van der Waals surface area contributed by atoms with Crippen molar-refractivity contribution in [2.45, 2.75) is 13.3 Å². The Balaban J connectivity index is 2.04. The zero-order chi connectivity index (χ0) is 13.7. The molecule has 0 aliphatic carbocycles. The fraction of sp³-hybridized carbons (Fsp3) is 0.571. The highest BCUT2D eigenvalue weighted by atomic mass is 16.5. The second kappa shape index (κ2) is 6.12. The molecule has 2 rings (SSSR count).